The molecule has 1 heterocycles. The summed E-state index contributed by atoms with van der Waals surface area (Å²) in [4.78, 5) is 36.2. The molecule has 0 radical (unpaired) electrons. The molecule has 1 aliphatic heterocycles. The molecule has 0 unspecified atom stereocenters. The predicted molar refractivity (Wildman–Crippen MR) is 101 cm³/mol. The van der Waals surface area contributed by atoms with Crippen LogP contribution in [0.4, 0.5) is 4.79 Å². The second-order valence-corrected chi connectivity index (χ2v) is 7.34. The van der Waals surface area contributed by atoms with Crippen LogP contribution in [0.1, 0.15) is 36.8 Å². The fourth-order valence-electron chi connectivity index (χ4n) is 3.80. The van der Waals surface area contributed by atoms with E-state index in [2.05, 4.69) is 10.4 Å². The molecule has 1 aromatic rings. The van der Waals surface area contributed by atoms with Crippen LogP contribution in [-0.4, -0.2) is 58.9 Å². The second-order valence-electron chi connectivity index (χ2n) is 7.34. The number of nitrogens with two attached hydrogens (primary N) is 1. The van der Waals surface area contributed by atoms with Crippen molar-refractivity contribution in [3.05, 3.63) is 35.4 Å². The van der Waals surface area contributed by atoms with Gasteiger partial charge in [-0.25, -0.2) is 4.79 Å². The van der Waals surface area contributed by atoms with E-state index >= 15 is 0 Å². The van der Waals surface area contributed by atoms with Crippen molar-refractivity contribution in [1.82, 2.24) is 10.2 Å². The molecule has 9 nitrogen and oxygen atoms in total. The van der Waals surface area contributed by atoms with E-state index in [1.807, 2.05) is 24.3 Å². The summed E-state index contributed by atoms with van der Waals surface area (Å²) in [7, 11) is 0. The summed E-state index contributed by atoms with van der Waals surface area (Å²) in [6.45, 7) is -0.0616. The number of carboxylic acid groups (broad SMARTS) is 1. The molecule has 28 heavy (non-hydrogen) atoms. The Bertz CT molecular complexity index is 769. The average Bonchev–Trinajstić information content (AvgIpc) is 2.93. The molecule has 2 amide bonds. The van der Waals surface area contributed by atoms with E-state index in [1.54, 1.807) is 0 Å². The number of aliphatic carboxylic acids is 1. The Morgan fingerprint density at radius 1 is 1.32 bits per heavy atom. The smallest absolute Gasteiger partial charge is 0.411 e. The van der Waals surface area contributed by atoms with Gasteiger partial charge in [-0.3, -0.25) is 14.5 Å². The highest BCUT2D eigenvalue weighted by molar-refractivity contribution is 5.81. The number of ether oxygens (including phenoxy) is 1. The first-order valence-corrected chi connectivity index (χ1v) is 9.20. The van der Waals surface area contributed by atoms with Gasteiger partial charge in [0.1, 0.15) is 12.1 Å². The number of hydrogen-bond acceptors (Lipinski definition) is 6. The Balaban J connectivity index is 1.47. The molecule has 4 N–H and O–H groups in total. The number of nitrogens with zero attached hydrogens (tertiary/aromatic N) is 2. The summed E-state index contributed by atoms with van der Waals surface area (Å²) in [5.74, 6) is 4.00. The lowest BCUT2D eigenvalue weighted by Gasteiger charge is -2.35. The lowest BCUT2D eigenvalue weighted by Crippen LogP contribution is -2.46. The largest absolute Gasteiger partial charge is 0.480 e. The second kappa shape index (κ2) is 8.28. The van der Waals surface area contributed by atoms with E-state index in [9.17, 15) is 14.4 Å². The molecular weight excluding hydrogens is 364 g/mol. The molecule has 1 aliphatic carbocycles. The normalized spacial score (nSPS) is 24.5. The third kappa shape index (κ3) is 4.79. The van der Waals surface area contributed by atoms with Gasteiger partial charge in [-0.05, 0) is 36.8 Å². The number of amides is 2. The fourth-order valence-corrected chi connectivity index (χ4v) is 3.80. The molecule has 1 aromatic carbocycles. The molecule has 2 fully saturated rings. The minimum absolute atomic E-state index is 0.0222. The molecule has 0 bridgehead atoms. The van der Waals surface area contributed by atoms with Crippen molar-refractivity contribution >= 4 is 24.2 Å². The van der Waals surface area contributed by atoms with Crippen LogP contribution in [0.2, 0.25) is 0 Å². The van der Waals surface area contributed by atoms with E-state index in [-0.39, 0.29) is 31.5 Å². The summed E-state index contributed by atoms with van der Waals surface area (Å²) in [6, 6.07) is 7.44. The Morgan fingerprint density at radius 2 is 2.00 bits per heavy atom. The van der Waals surface area contributed by atoms with Gasteiger partial charge < -0.3 is 21.0 Å². The molecule has 150 valence electrons. The van der Waals surface area contributed by atoms with Crippen LogP contribution in [0, 0.1) is 0 Å². The number of hydrogen-bond donors (Lipinski definition) is 3. The van der Waals surface area contributed by atoms with Gasteiger partial charge in [-0.2, -0.15) is 5.10 Å². The lowest BCUT2D eigenvalue weighted by atomic mass is 9.82. The zero-order chi connectivity index (χ0) is 20.1. The Hall–Kier alpha value is -3.10. The molecular formula is C19H24N4O5. The first-order chi connectivity index (χ1) is 13.4. The van der Waals surface area contributed by atoms with E-state index in [4.69, 9.17) is 15.7 Å². The van der Waals surface area contributed by atoms with Gasteiger partial charge in [0.05, 0.1) is 19.2 Å². The minimum atomic E-state index is -1.06. The molecule has 9 heteroatoms. The van der Waals surface area contributed by atoms with Crippen molar-refractivity contribution in [1.29, 1.82) is 0 Å². The van der Waals surface area contributed by atoms with Gasteiger partial charge in [0.15, 0.2) is 0 Å². The Kier molecular flexibility index (Phi) is 5.81. The highest BCUT2D eigenvalue weighted by Crippen LogP contribution is 2.37. The average molecular weight is 388 g/mol. The van der Waals surface area contributed by atoms with Gasteiger partial charge in [0, 0.05) is 6.04 Å². The SMILES string of the molecule is NN=Cc1ccc(CC(=O)NC2CCC3(CC2)CN(CC(=O)O)C(=O)O3)cc1. The van der Waals surface area contributed by atoms with Crippen LogP contribution in [0.5, 0.6) is 0 Å². The van der Waals surface area contributed by atoms with Crippen LogP contribution >= 0.6 is 0 Å². The topological polar surface area (TPSA) is 134 Å². The molecule has 0 aromatic heterocycles. The third-order valence-electron chi connectivity index (χ3n) is 5.20. The highest BCUT2D eigenvalue weighted by atomic mass is 16.6. The van der Waals surface area contributed by atoms with Crippen molar-refractivity contribution in [3.63, 3.8) is 0 Å². The standard InChI is InChI=1S/C19H24N4O5/c20-21-10-14-3-1-13(2-4-14)9-16(24)22-15-5-7-19(8-6-15)12-23(11-17(25)26)18(27)28-19/h1-4,10,15H,5-9,11-12,20H2,(H,22,24)(H,25,26). The van der Waals surface area contributed by atoms with Crippen LogP contribution in [-0.2, 0) is 20.7 Å². The van der Waals surface area contributed by atoms with Crippen molar-refractivity contribution in [2.24, 2.45) is 10.9 Å². The van der Waals surface area contributed by atoms with Gasteiger partial charge in [-0.15, -0.1) is 0 Å². The molecule has 0 atom stereocenters. The third-order valence-corrected chi connectivity index (χ3v) is 5.20. The lowest BCUT2D eigenvalue weighted by molar-refractivity contribution is -0.137. The van der Waals surface area contributed by atoms with E-state index in [0.717, 1.165) is 11.1 Å². The zero-order valence-electron chi connectivity index (χ0n) is 15.5. The predicted octanol–water partition coefficient (Wildman–Crippen LogP) is 0.856. The number of carbonyl (C=O) groups excluding carboxylic acids is 2. The summed E-state index contributed by atoms with van der Waals surface area (Å²) in [6.07, 6.45) is 3.82. The van der Waals surface area contributed by atoms with Crippen LogP contribution in [0.3, 0.4) is 0 Å². The van der Waals surface area contributed by atoms with Crippen molar-refractivity contribution in [2.45, 2.75) is 43.7 Å². The van der Waals surface area contributed by atoms with Crippen molar-refractivity contribution < 1.29 is 24.2 Å². The number of hydrazone groups is 1. The molecule has 1 saturated heterocycles. The number of carboxylic acids is 1. The van der Waals surface area contributed by atoms with E-state index < -0.39 is 17.7 Å². The van der Waals surface area contributed by atoms with Gasteiger partial charge in [0.2, 0.25) is 5.91 Å². The van der Waals surface area contributed by atoms with Crippen molar-refractivity contribution in [3.8, 4) is 0 Å². The number of nitrogens with one attached hydrogen (secondary N) is 1. The van der Waals surface area contributed by atoms with Gasteiger partial charge in [-0.1, -0.05) is 24.3 Å². The van der Waals surface area contributed by atoms with E-state index in [0.29, 0.717) is 25.7 Å². The number of benzene rings is 1. The number of carbonyl (C=O) groups is 3. The van der Waals surface area contributed by atoms with Gasteiger partial charge >= 0.3 is 12.1 Å². The molecule has 1 saturated carbocycles. The first-order valence-electron chi connectivity index (χ1n) is 9.20. The van der Waals surface area contributed by atoms with Gasteiger partial charge in [0.25, 0.3) is 0 Å². The minimum Gasteiger partial charge on any atom is -0.480 e. The quantitative estimate of drug-likeness (QED) is 0.376. The zero-order valence-corrected chi connectivity index (χ0v) is 15.5. The monoisotopic (exact) mass is 388 g/mol. The maximum absolute atomic E-state index is 12.3. The fraction of sp³-hybridized carbons (Fsp3) is 0.474. The first kappa shape index (κ1) is 19.7. The number of rotatable bonds is 6. The summed E-state index contributed by atoms with van der Waals surface area (Å²) in [5, 5.41) is 15.4. The Morgan fingerprint density at radius 3 is 2.61 bits per heavy atom. The van der Waals surface area contributed by atoms with Crippen LogP contribution in [0.25, 0.3) is 0 Å². The van der Waals surface area contributed by atoms with Crippen molar-refractivity contribution in [2.75, 3.05) is 13.1 Å². The maximum atomic E-state index is 12.3. The summed E-state index contributed by atoms with van der Waals surface area (Å²) >= 11 is 0. The van der Waals surface area contributed by atoms with Crippen LogP contribution in [0.15, 0.2) is 29.4 Å². The maximum Gasteiger partial charge on any atom is 0.411 e. The molecule has 2 aliphatic rings. The summed E-state index contributed by atoms with van der Waals surface area (Å²) < 4.78 is 5.47. The molecule has 3 rings (SSSR count). The summed E-state index contributed by atoms with van der Waals surface area (Å²) in [5.41, 5.74) is 1.13. The van der Waals surface area contributed by atoms with Crippen LogP contribution < -0.4 is 11.2 Å². The molecule has 1 spiro atoms. The Labute approximate surface area is 162 Å². The highest BCUT2D eigenvalue weighted by Gasteiger charge is 2.47. The van der Waals surface area contributed by atoms with E-state index in [1.165, 1.54) is 11.1 Å².